The summed E-state index contributed by atoms with van der Waals surface area (Å²) in [6.07, 6.45) is 0.749. The lowest BCUT2D eigenvalue weighted by Crippen LogP contribution is -2.57. The number of hydrogen-bond donors (Lipinski definition) is 7. The number of methoxy groups -OCH3 is 1. The van der Waals surface area contributed by atoms with Crippen LogP contribution in [0.15, 0.2) is 34.8 Å². The minimum Gasteiger partial charge on any atom is -0.496 e. The van der Waals surface area contributed by atoms with Crippen molar-refractivity contribution >= 4 is 51.5 Å². The summed E-state index contributed by atoms with van der Waals surface area (Å²) in [7, 11) is -2.98. The predicted molar refractivity (Wildman–Crippen MR) is 195 cm³/mol. The Balaban J connectivity index is 0.00000676. The van der Waals surface area contributed by atoms with Gasteiger partial charge in [-0.3, -0.25) is 15.0 Å². The van der Waals surface area contributed by atoms with E-state index in [-0.39, 0.29) is 60.1 Å². The molecule has 1 unspecified atom stereocenters. The Hall–Kier alpha value is -2.49. The average Bonchev–Trinajstić information content (AvgIpc) is 3.07. The van der Waals surface area contributed by atoms with Gasteiger partial charge in [-0.25, -0.2) is 8.42 Å². The van der Waals surface area contributed by atoms with Crippen LogP contribution in [-0.4, -0.2) is 116 Å². The van der Waals surface area contributed by atoms with E-state index in [2.05, 4.69) is 4.72 Å². The van der Waals surface area contributed by atoms with E-state index < -0.39 is 64.5 Å². The molecular weight excluding hydrogens is 785 g/mol. The maximum Gasteiger partial charge on any atom is 0.241 e. The molecule has 1 aliphatic carbocycles. The van der Waals surface area contributed by atoms with Crippen LogP contribution in [0, 0.1) is 31.6 Å². The highest BCUT2D eigenvalue weighted by atomic mass is 127. The van der Waals surface area contributed by atoms with Crippen LogP contribution >= 0.6 is 24.0 Å². The zero-order valence-corrected chi connectivity index (χ0v) is 31.9. The second-order valence-electron chi connectivity index (χ2n) is 13.1. The number of hydrogen-bond acceptors (Lipinski definition) is 12. The number of nitrogens with zero attached hydrogens (tertiary/aromatic N) is 1. The third-order valence-electron chi connectivity index (χ3n) is 9.60. The Kier molecular flexibility index (Phi) is 14.5. The number of allylic oxidation sites excluding steroid dienone is 2. The molecule has 1 aromatic carbocycles. The molecule has 15 nitrogen and oxygen atoms in total. The number of carbonyl (C=O) groups is 2. The van der Waals surface area contributed by atoms with Gasteiger partial charge in [0.25, 0.3) is 0 Å². The van der Waals surface area contributed by atoms with Gasteiger partial charge < -0.3 is 45.9 Å². The number of ether oxygens (including phenoxy) is 3. The monoisotopic (exact) mass is 835 g/mol. The van der Waals surface area contributed by atoms with Gasteiger partial charge in [-0.05, 0) is 75.6 Å². The summed E-state index contributed by atoms with van der Waals surface area (Å²) in [5, 5.41) is 38.4. The van der Waals surface area contributed by atoms with Crippen LogP contribution in [0.5, 0.6) is 5.75 Å². The number of amides is 1. The van der Waals surface area contributed by atoms with Crippen molar-refractivity contribution < 1.29 is 47.5 Å². The van der Waals surface area contributed by atoms with Gasteiger partial charge in [-0.2, -0.15) is 4.72 Å². The van der Waals surface area contributed by atoms with E-state index >= 15 is 0 Å². The molecule has 17 heteroatoms. The Labute approximate surface area is 310 Å². The standard InChI is InChI=1S/C33H49N5O10S.HI/c1-18-14-25(46-4)19(2)20(3)28(18)49(44,45)37-23(16-47-32-27(41)26(40)24(39)17-48-32)29(42)33(10-8-21(9-11-33)30(35)36)15-22(34)31(43)38-12-6-5-7-13-38;/h8-10,14,22-24,26-27,32,37,39-41H,5-7,11-13,15-17,34H2,1-4H3,(H3,35,36);1H/t22-,23+,24-,26-,27-,32-,33?;/m1./s1. The molecule has 0 radical (unpaired) electrons. The number of nitrogens with two attached hydrogens (primary N) is 2. The molecule has 0 spiro atoms. The molecule has 2 saturated heterocycles. The lowest BCUT2D eigenvalue weighted by Gasteiger charge is -2.38. The first-order chi connectivity index (χ1) is 23.0. The van der Waals surface area contributed by atoms with Gasteiger partial charge in [0.2, 0.25) is 15.9 Å². The lowest BCUT2D eigenvalue weighted by molar-refractivity contribution is -0.270. The number of aryl methyl sites for hydroxylation is 1. The van der Waals surface area contributed by atoms with Crippen LogP contribution in [-0.2, 0) is 29.1 Å². The molecule has 0 aromatic heterocycles. The molecule has 2 aliphatic heterocycles. The first kappa shape index (κ1) is 41.9. The summed E-state index contributed by atoms with van der Waals surface area (Å²) in [6.45, 7) is 4.97. The molecule has 9 N–H and O–H groups in total. The number of piperidine rings is 1. The number of sulfonamides is 1. The van der Waals surface area contributed by atoms with Crippen LogP contribution in [0.4, 0.5) is 0 Å². The molecule has 7 atom stereocenters. The van der Waals surface area contributed by atoms with Crippen LogP contribution in [0.2, 0.25) is 0 Å². The fourth-order valence-electron chi connectivity index (χ4n) is 6.66. The summed E-state index contributed by atoms with van der Waals surface area (Å²) in [6, 6.07) is -1.17. The Morgan fingerprint density at radius 2 is 1.80 bits per heavy atom. The number of carbonyl (C=O) groups excluding carboxylic acids is 2. The molecule has 1 amide bonds. The van der Waals surface area contributed by atoms with E-state index in [0.29, 0.717) is 41.1 Å². The van der Waals surface area contributed by atoms with Gasteiger partial charge in [0.05, 0.1) is 36.7 Å². The van der Waals surface area contributed by atoms with E-state index in [0.717, 1.165) is 19.3 Å². The molecule has 280 valence electrons. The lowest BCUT2D eigenvalue weighted by atomic mass is 9.70. The smallest absolute Gasteiger partial charge is 0.241 e. The minimum absolute atomic E-state index is 0. The predicted octanol–water partition coefficient (Wildman–Crippen LogP) is 0.449. The van der Waals surface area contributed by atoms with Crippen molar-refractivity contribution in [2.45, 2.75) is 94.5 Å². The second kappa shape index (κ2) is 17.4. The van der Waals surface area contributed by atoms with Crippen molar-refractivity contribution in [1.82, 2.24) is 9.62 Å². The molecule has 1 aromatic rings. The van der Waals surface area contributed by atoms with Gasteiger partial charge in [-0.15, -0.1) is 24.0 Å². The molecule has 50 heavy (non-hydrogen) atoms. The summed E-state index contributed by atoms with van der Waals surface area (Å²) >= 11 is 0. The maximum atomic E-state index is 14.8. The van der Waals surface area contributed by atoms with E-state index in [1.165, 1.54) is 19.3 Å². The highest BCUT2D eigenvalue weighted by Crippen LogP contribution is 2.38. The SMILES string of the molecule is COc1cc(C)c(S(=O)(=O)N[C@@H](CO[C@@H]2OC[C@@H](O)[C@@H](O)[C@H]2O)C(=O)C2(C[C@@H](N)C(=O)N3CCCCC3)C=CC(C(=N)N)=CC2)c(C)c1C.I. The highest BCUT2D eigenvalue weighted by molar-refractivity contribution is 14.0. The number of ketones is 1. The van der Waals surface area contributed by atoms with Crippen LogP contribution in [0.3, 0.4) is 0 Å². The maximum absolute atomic E-state index is 14.8. The molecule has 4 rings (SSSR count). The van der Waals surface area contributed by atoms with Crippen LogP contribution in [0.25, 0.3) is 0 Å². The third kappa shape index (κ3) is 9.11. The number of aliphatic hydroxyl groups is 3. The number of rotatable bonds is 13. The average molecular weight is 836 g/mol. The first-order valence-corrected chi connectivity index (χ1v) is 17.8. The topological polar surface area (TPSA) is 248 Å². The van der Waals surface area contributed by atoms with Crippen molar-refractivity contribution in [3.05, 3.63) is 46.6 Å². The molecular formula is C33H50IN5O10S. The fraction of sp³-hybridized carbons (Fsp3) is 0.606. The number of likely N-dealkylation sites (tertiary alicyclic amines) is 1. The number of aliphatic hydroxyl groups excluding tert-OH is 3. The van der Waals surface area contributed by atoms with Crippen LogP contribution < -0.4 is 20.9 Å². The van der Waals surface area contributed by atoms with Gasteiger partial charge in [-0.1, -0.05) is 18.2 Å². The van der Waals surface area contributed by atoms with Crippen molar-refractivity contribution in [2.75, 3.05) is 33.4 Å². The Morgan fingerprint density at radius 3 is 2.38 bits per heavy atom. The van der Waals surface area contributed by atoms with Gasteiger partial charge in [0.1, 0.15) is 35.9 Å². The summed E-state index contributed by atoms with van der Waals surface area (Å²) < 4.78 is 47.3. The second-order valence-corrected chi connectivity index (χ2v) is 14.7. The molecule has 3 aliphatic rings. The Bertz CT molecular complexity index is 1600. The zero-order chi connectivity index (χ0) is 36.3. The quantitative estimate of drug-likeness (QED) is 0.0814. The Morgan fingerprint density at radius 1 is 1.14 bits per heavy atom. The number of Topliss-reactive ketones (excluding diaryl/α,β-unsaturated/α-hetero) is 1. The largest absolute Gasteiger partial charge is 0.496 e. The van der Waals surface area contributed by atoms with E-state index in [1.54, 1.807) is 37.8 Å². The number of nitrogens with one attached hydrogen (secondary N) is 2. The molecule has 0 bridgehead atoms. The third-order valence-corrected chi connectivity index (χ3v) is 11.4. The van der Waals surface area contributed by atoms with E-state index in [9.17, 15) is 33.3 Å². The van der Waals surface area contributed by atoms with Gasteiger partial charge in [0, 0.05) is 18.7 Å². The number of benzene rings is 1. The summed E-state index contributed by atoms with van der Waals surface area (Å²) in [5.41, 5.74) is 12.3. The van der Waals surface area contributed by atoms with Gasteiger partial charge in [0.15, 0.2) is 12.1 Å². The minimum atomic E-state index is -4.45. The van der Waals surface area contributed by atoms with Crippen LogP contribution in [0.1, 0.15) is 48.8 Å². The zero-order valence-electron chi connectivity index (χ0n) is 28.8. The molecule has 2 fully saturated rings. The molecule has 0 saturated carbocycles. The molecule has 2 heterocycles. The van der Waals surface area contributed by atoms with E-state index in [1.807, 2.05) is 0 Å². The van der Waals surface area contributed by atoms with E-state index in [4.69, 9.17) is 31.1 Å². The number of halogens is 1. The summed E-state index contributed by atoms with van der Waals surface area (Å²) in [5.74, 6) is -0.780. The normalized spacial score (nSPS) is 26.7. The number of amidine groups is 1. The van der Waals surface area contributed by atoms with Crippen molar-refractivity contribution in [2.24, 2.45) is 16.9 Å². The van der Waals surface area contributed by atoms with Crippen molar-refractivity contribution in [3.8, 4) is 5.75 Å². The first-order valence-electron chi connectivity index (χ1n) is 16.3. The van der Waals surface area contributed by atoms with Crippen molar-refractivity contribution in [1.29, 1.82) is 5.41 Å². The fourth-order valence-corrected chi connectivity index (χ4v) is 8.37. The van der Waals surface area contributed by atoms with Crippen molar-refractivity contribution in [3.63, 3.8) is 0 Å². The highest BCUT2D eigenvalue weighted by Gasteiger charge is 2.46. The van der Waals surface area contributed by atoms with Gasteiger partial charge >= 0.3 is 0 Å². The summed E-state index contributed by atoms with van der Waals surface area (Å²) in [4.78, 5) is 29.8.